The van der Waals surface area contributed by atoms with E-state index in [1.54, 1.807) is 33.9 Å². The number of halogens is 2. The summed E-state index contributed by atoms with van der Waals surface area (Å²) >= 11 is 0. The van der Waals surface area contributed by atoms with E-state index in [-0.39, 0.29) is 37.7 Å². The molecule has 8 nitrogen and oxygen atoms in total. The quantitative estimate of drug-likeness (QED) is 0.536. The molecule has 196 valence electrons. The molecule has 2 amide bonds. The van der Waals surface area contributed by atoms with E-state index >= 15 is 8.78 Å². The van der Waals surface area contributed by atoms with Crippen LogP contribution in [0.5, 0.6) is 5.88 Å². The third kappa shape index (κ3) is 7.05. The van der Waals surface area contributed by atoms with Gasteiger partial charge in [0.2, 0.25) is 5.88 Å². The van der Waals surface area contributed by atoms with Gasteiger partial charge in [0, 0.05) is 38.3 Å². The average molecular weight is 506 g/mol. The van der Waals surface area contributed by atoms with Crippen LogP contribution < -0.4 is 4.74 Å². The molecular formula is C26H33F2N3O5. The van der Waals surface area contributed by atoms with E-state index in [9.17, 15) is 9.59 Å². The summed E-state index contributed by atoms with van der Waals surface area (Å²) < 4.78 is 46.0. The van der Waals surface area contributed by atoms with Gasteiger partial charge < -0.3 is 24.0 Å². The minimum Gasteiger partial charge on any atom is -0.481 e. The van der Waals surface area contributed by atoms with Crippen molar-refractivity contribution in [3.05, 3.63) is 59.3 Å². The van der Waals surface area contributed by atoms with Crippen molar-refractivity contribution in [1.29, 1.82) is 0 Å². The molecule has 1 aromatic carbocycles. The van der Waals surface area contributed by atoms with Crippen molar-refractivity contribution < 1.29 is 32.6 Å². The van der Waals surface area contributed by atoms with E-state index in [0.29, 0.717) is 5.56 Å². The number of ether oxygens (including phenoxy) is 3. The van der Waals surface area contributed by atoms with E-state index < -0.39 is 36.0 Å². The Morgan fingerprint density at radius 2 is 1.92 bits per heavy atom. The second kappa shape index (κ2) is 11.1. The molecule has 0 bridgehead atoms. The maximum atomic E-state index is 15.0. The van der Waals surface area contributed by atoms with Crippen LogP contribution in [0.2, 0.25) is 0 Å². The number of amides is 2. The number of carbonyl (C=O) groups excluding carboxylic acids is 2. The largest absolute Gasteiger partial charge is 0.481 e. The van der Waals surface area contributed by atoms with Crippen LogP contribution in [0.3, 0.4) is 0 Å². The molecule has 2 heterocycles. The molecule has 1 aromatic heterocycles. The number of carbonyl (C=O) groups is 2. The minimum absolute atomic E-state index is 0.0417. The van der Waals surface area contributed by atoms with E-state index in [4.69, 9.17) is 14.2 Å². The van der Waals surface area contributed by atoms with Crippen molar-refractivity contribution in [2.45, 2.75) is 57.8 Å². The highest BCUT2D eigenvalue weighted by atomic mass is 19.3. The lowest BCUT2D eigenvalue weighted by Crippen LogP contribution is -2.48. The van der Waals surface area contributed by atoms with Crippen molar-refractivity contribution in [2.75, 3.05) is 27.2 Å². The Morgan fingerprint density at radius 1 is 1.22 bits per heavy atom. The zero-order chi connectivity index (χ0) is 26.5. The van der Waals surface area contributed by atoms with Gasteiger partial charge in [-0.25, -0.2) is 23.4 Å². The van der Waals surface area contributed by atoms with Gasteiger partial charge in [-0.05, 0) is 38.0 Å². The standard InChI is InChI=1S/C26H33F2N3O5/c1-25(2,3)36-23(32)30(4)15-20-13-19(14-29-22(20)34-5)21-16-31(12-11-26(21,27)28)24(33)35-17-18-9-7-6-8-10-18/h6-10,13-14,21H,11-12,15-17H2,1-5H3. The molecule has 36 heavy (non-hydrogen) atoms. The molecule has 0 aliphatic carbocycles. The van der Waals surface area contributed by atoms with Crippen LogP contribution in [0.25, 0.3) is 0 Å². The molecule has 3 rings (SSSR count). The monoisotopic (exact) mass is 505 g/mol. The lowest BCUT2D eigenvalue weighted by molar-refractivity contribution is -0.0729. The first-order valence-corrected chi connectivity index (χ1v) is 11.7. The Kier molecular flexibility index (Phi) is 8.37. The zero-order valence-electron chi connectivity index (χ0n) is 21.3. The van der Waals surface area contributed by atoms with Crippen molar-refractivity contribution in [2.24, 2.45) is 0 Å². The summed E-state index contributed by atoms with van der Waals surface area (Å²) in [5, 5.41) is 0. The molecule has 1 aliphatic rings. The lowest BCUT2D eigenvalue weighted by Gasteiger charge is -2.38. The highest BCUT2D eigenvalue weighted by molar-refractivity contribution is 5.68. The molecule has 0 radical (unpaired) electrons. The summed E-state index contributed by atoms with van der Waals surface area (Å²) in [6, 6.07) is 10.7. The SMILES string of the molecule is COc1ncc(C2CN(C(=O)OCc3ccccc3)CCC2(F)F)cc1CN(C)C(=O)OC(C)(C)C. The van der Waals surface area contributed by atoms with Crippen molar-refractivity contribution in [3.63, 3.8) is 0 Å². The van der Waals surface area contributed by atoms with Crippen LogP contribution in [-0.2, 0) is 22.6 Å². The number of benzene rings is 1. The summed E-state index contributed by atoms with van der Waals surface area (Å²) in [7, 11) is 2.96. The Hall–Kier alpha value is -3.43. The number of likely N-dealkylation sites (tertiary alicyclic amines) is 1. The molecule has 0 N–H and O–H groups in total. The van der Waals surface area contributed by atoms with Crippen molar-refractivity contribution >= 4 is 12.2 Å². The van der Waals surface area contributed by atoms with E-state index in [2.05, 4.69) is 4.98 Å². The number of hydrogen-bond acceptors (Lipinski definition) is 6. The molecule has 1 saturated heterocycles. The Bertz CT molecular complexity index is 1060. The Balaban J connectivity index is 1.76. The number of alkyl halides is 2. The number of nitrogens with zero attached hydrogens (tertiary/aromatic N) is 3. The predicted molar refractivity (Wildman–Crippen MR) is 129 cm³/mol. The van der Waals surface area contributed by atoms with E-state index in [1.807, 2.05) is 30.3 Å². The van der Waals surface area contributed by atoms with Gasteiger partial charge in [-0.1, -0.05) is 30.3 Å². The Labute approximate surface area is 210 Å². The lowest BCUT2D eigenvalue weighted by atomic mass is 9.87. The van der Waals surface area contributed by atoms with Crippen LogP contribution in [-0.4, -0.2) is 65.7 Å². The van der Waals surface area contributed by atoms with E-state index in [1.165, 1.54) is 23.1 Å². The normalized spacial score (nSPS) is 17.3. The molecular weight excluding hydrogens is 472 g/mol. The van der Waals surface area contributed by atoms with Gasteiger partial charge in [0.05, 0.1) is 19.6 Å². The summed E-state index contributed by atoms with van der Waals surface area (Å²) in [5.41, 5.74) is 0.817. The van der Waals surface area contributed by atoms with E-state index in [0.717, 1.165) is 5.56 Å². The predicted octanol–water partition coefficient (Wildman–Crippen LogP) is 5.22. The number of pyridine rings is 1. The van der Waals surface area contributed by atoms with Crippen LogP contribution in [0.4, 0.5) is 18.4 Å². The fourth-order valence-electron chi connectivity index (χ4n) is 3.89. The first-order valence-electron chi connectivity index (χ1n) is 11.7. The van der Waals surface area contributed by atoms with Gasteiger partial charge in [-0.2, -0.15) is 0 Å². The maximum Gasteiger partial charge on any atom is 0.410 e. The highest BCUT2D eigenvalue weighted by Crippen LogP contribution is 2.41. The fourth-order valence-corrected chi connectivity index (χ4v) is 3.89. The zero-order valence-corrected chi connectivity index (χ0v) is 21.3. The molecule has 0 spiro atoms. The molecule has 10 heteroatoms. The van der Waals surface area contributed by atoms with Gasteiger partial charge in [0.15, 0.2) is 0 Å². The molecule has 1 unspecified atom stereocenters. The van der Waals surface area contributed by atoms with Crippen molar-refractivity contribution in [3.8, 4) is 5.88 Å². The van der Waals surface area contributed by atoms with Crippen LogP contribution in [0.1, 0.15) is 49.8 Å². The molecule has 0 saturated carbocycles. The maximum absolute atomic E-state index is 15.0. The number of rotatable bonds is 6. The summed E-state index contributed by atoms with van der Waals surface area (Å²) in [4.78, 5) is 31.8. The summed E-state index contributed by atoms with van der Waals surface area (Å²) in [6.45, 7) is 5.02. The smallest absolute Gasteiger partial charge is 0.410 e. The average Bonchev–Trinajstić information content (AvgIpc) is 2.82. The first-order chi connectivity index (χ1) is 16.9. The topological polar surface area (TPSA) is 81.2 Å². The highest BCUT2D eigenvalue weighted by Gasteiger charge is 2.46. The second-order valence-corrected chi connectivity index (χ2v) is 9.82. The Morgan fingerprint density at radius 3 is 2.56 bits per heavy atom. The van der Waals surface area contributed by atoms with Crippen molar-refractivity contribution in [1.82, 2.24) is 14.8 Å². The summed E-state index contributed by atoms with van der Waals surface area (Å²) in [6.07, 6.45) is -0.388. The van der Waals surface area contributed by atoms with Crippen LogP contribution in [0.15, 0.2) is 42.6 Å². The van der Waals surface area contributed by atoms with Crippen LogP contribution >= 0.6 is 0 Å². The number of piperidine rings is 1. The van der Waals surface area contributed by atoms with Crippen LogP contribution in [0, 0.1) is 0 Å². The number of methoxy groups -OCH3 is 1. The van der Waals surface area contributed by atoms with Gasteiger partial charge in [-0.3, -0.25) is 0 Å². The third-order valence-electron chi connectivity index (χ3n) is 5.75. The van der Waals surface area contributed by atoms with Gasteiger partial charge >= 0.3 is 12.2 Å². The first kappa shape index (κ1) is 27.2. The fraction of sp³-hybridized carbons (Fsp3) is 0.500. The molecule has 1 aliphatic heterocycles. The van der Waals surface area contributed by atoms with Gasteiger partial charge in [0.1, 0.15) is 12.2 Å². The molecule has 2 aromatic rings. The van der Waals surface area contributed by atoms with Gasteiger partial charge in [0.25, 0.3) is 5.92 Å². The molecule has 1 atom stereocenters. The summed E-state index contributed by atoms with van der Waals surface area (Å²) in [5.74, 6) is -4.13. The van der Waals surface area contributed by atoms with Gasteiger partial charge in [-0.15, -0.1) is 0 Å². The number of hydrogen-bond donors (Lipinski definition) is 0. The number of aromatic nitrogens is 1. The minimum atomic E-state index is -3.05. The second-order valence-electron chi connectivity index (χ2n) is 9.82. The molecule has 1 fully saturated rings. The third-order valence-corrected chi connectivity index (χ3v) is 5.75.